The number of nitrogens with one attached hydrogen (secondary N) is 2. The molecule has 1 aliphatic heterocycles. The molecule has 1 aromatic heterocycles. The average molecular weight is 320 g/mol. The fourth-order valence-corrected chi connectivity index (χ4v) is 2.85. The van der Waals surface area contributed by atoms with Crippen LogP contribution in [0.4, 0.5) is 4.39 Å². The van der Waals surface area contributed by atoms with Crippen molar-refractivity contribution in [2.24, 2.45) is 5.92 Å². The van der Waals surface area contributed by atoms with Gasteiger partial charge in [-0.15, -0.1) is 0 Å². The maximum absolute atomic E-state index is 13.2. The van der Waals surface area contributed by atoms with E-state index in [9.17, 15) is 19.1 Å². The van der Waals surface area contributed by atoms with Crippen LogP contribution in [0, 0.1) is 11.7 Å². The second kappa shape index (κ2) is 6.37. The van der Waals surface area contributed by atoms with Crippen LogP contribution in [0.25, 0.3) is 10.9 Å². The van der Waals surface area contributed by atoms with Crippen LogP contribution in [0.15, 0.2) is 24.3 Å². The van der Waals surface area contributed by atoms with Gasteiger partial charge in [-0.1, -0.05) is 0 Å². The number of hydrogen-bond acceptors (Lipinski definition) is 3. The predicted octanol–water partition coefficient (Wildman–Crippen LogP) is 1.92. The normalized spacial score (nSPS) is 19.4. The molecule has 6 nitrogen and oxygen atoms in total. The van der Waals surface area contributed by atoms with Gasteiger partial charge in [0.15, 0.2) is 0 Å². The zero-order valence-electron chi connectivity index (χ0n) is 12.3. The fourth-order valence-electron chi connectivity index (χ4n) is 2.85. The van der Waals surface area contributed by atoms with Crippen LogP contribution in [0.1, 0.15) is 23.3 Å². The van der Waals surface area contributed by atoms with Crippen LogP contribution in [-0.2, 0) is 9.53 Å². The monoisotopic (exact) mass is 320 g/mol. The van der Waals surface area contributed by atoms with E-state index in [0.29, 0.717) is 30.5 Å². The van der Waals surface area contributed by atoms with Gasteiger partial charge in [-0.3, -0.25) is 4.79 Å². The van der Waals surface area contributed by atoms with Crippen molar-refractivity contribution < 1.29 is 23.8 Å². The average Bonchev–Trinajstić information content (AvgIpc) is 2.96. The van der Waals surface area contributed by atoms with Crippen LogP contribution in [0.2, 0.25) is 0 Å². The van der Waals surface area contributed by atoms with Crippen molar-refractivity contribution in [3.05, 3.63) is 35.8 Å². The van der Waals surface area contributed by atoms with Gasteiger partial charge in [-0.2, -0.15) is 0 Å². The van der Waals surface area contributed by atoms with Crippen LogP contribution in [0.5, 0.6) is 0 Å². The number of hydrogen-bond donors (Lipinski definition) is 3. The number of rotatable bonds is 4. The Labute approximate surface area is 131 Å². The lowest BCUT2D eigenvalue weighted by Gasteiger charge is -2.27. The number of ether oxygens (including phenoxy) is 1. The molecule has 1 aliphatic rings. The van der Waals surface area contributed by atoms with Gasteiger partial charge in [0.2, 0.25) is 0 Å². The number of carboxylic acid groups (broad SMARTS) is 1. The lowest BCUT2D eigenvalue weighted by molar-refractivity contribution is -0.142. The van der Waals surface area contributed by atoms with Gasteiger partial charge < -0.3 is 20.1 Å². The SMILES string of the molecule is O=C(NC(C(=O)O)C1CCCOC1)c1cc2cc(F)ccc2[nH]1. The number of fused-ring (bicyclic) bond motifs is 1. The molecule has 0 bridgehead atoms. The molecule has 0 radical (unpaired) electrons. The largest absolute Gasteiger partial charge is 0.480 e. The number of carbonyl (C=O) groups is 2. The molecule has 3 N–H and O–H groups in total. The van der Waals surface area contributed by atoms with Crippen molar-refractivity contribution in [1.29, 1.82) is 0 Å². The molecule has 2 unspecified atom stereocenters. The summed E-state index contributed by atoms with van der Waals surface area (Å²) in [5.41, 5.74) is 0.818. The van der Waals surface area contributed by atoms with Crippen LogP contribution >= 0.6 is 0 Å². The van der Waals surface area contributed by atoms with E-state index in [-0.39, 0.29) is 11.6 Å². The number of halogens is 1. The van der Waals surface area contributed by atoms with Crippen molar-refractivity contribution in [1.82, 2.24) is 10.3 Å². The summed E-state index contributed by atoms with van der Waals surface area (Å²) in [6, 6.07) is 4.63. The molecule has 122 valence electrons. The van der Waals surface area contributed by atoms with Gasteiger partial charge >= 0.3 is 5.97 Å². The Morgan fingerprint density at radius 1 is 1.39 bits per heavy atom. The Balaban J connectivity index is 1.78. The minimum absolute atomic E-state index is 0.202. The van der Waals surface area contributed by atoms with Gasteiger partial charge in [0.1, 0.15) is 17.6 Å². The third-order valence-electron chi connectivity index (χ3n) is 4.05. The lowest BCUT2D eigenvalue weighted by atomic mass is 9.93. The number of H-pyrrole nitrogens is 1. The molecule has 1 saturated heterocycles. The first-order chi connectivity index (χ1) is 11.0. The smallest absolute Gasteiger partial charge is 0.326 e. The zero-order chi connectivity index (χ0) is 16.4. The minimum atomic E-state index is -1.09. The highest BCUT2D eigenvalue weighted by Crippen LogP contribution is 2.20. The third-order valence-corrected chi connectivity index (χ3v) is 4.05. The second-order valence-corrected chi connectivity index (χ2v) is 5.68. The molecule has 23 heavy (non-hydrogen) atoms. The Bertz CT molecular complexity index is 737. The highest BCUT2D eigenvalue weighted by molar-refractivity contribution is 5.99. The zero-order valence-corrected chi connectivity index (χ0v) is 12.3. The van der Waals surface area contributed by atoms with Crippen LogP contribution in [-0.4, -0.2) is 41.2 Å². The molecular formula is C16H17FN2O4. The van der Waals surface area contributed by atoms with Crippen molar-refractivity contribution in [2.75, 3.05) is 13.2 Å². The number of aromatic amines is 1. The van der Waals surface area contributed by atoms with Gasteiger partial charge in [0.05, 0.1) is 6.61 Å². The molecule has 1 amide bonds. The van der Waals surface area contributed by atoms with Gasteiger partial charge in [-0.25, -0.2) is 9.18 Å². The standard InChI is InChI=1S/C16H17FN2O4/c17-11-3-4-12-10(6-11)7-13(18-12)15(20)19-14(16(21)22)9-2-1-5-23-8-9/h3-4,6-7,9,14,18H,1-2,5,8H2,(H,19,20)(H,21,22). The molecular weight excluding hydrogens is 303 g/mol. The second-order valence-electron chi connectivity index (χ2n) is 5.68. The van der Waals surface area contributed by atoms with Gasteiger partial charge in [0.25, 0.3) is 5.91 Å². The molecule has 1 fully saturated rings. The summed E-state index contributed by atoms with van der Waals surface area (Å²) in [5, 5.41) is 12.5. The fraction of sp³-hybridized carbons (Fsp3) is 0.375. The maximum Gasteiger partial charge on any atom is 0.326 e. The summed E-state index contributed by atoms with van der Waals surface area (Å²) in [4.78, 5) is 26.6. The highest BCUT2D eigenvalue weighted by Gasteiger charge is 2.31. The van der Waals surface area contributed by atoms with E-state index in [1.807, 2.05) is 0 Å². The number of aliphatic carboxylic acids is 1. The molecule has 3 rings (SSSR count). The lowest BCUT2D eigenvalue weighted by Crippen LogP contribution is -2.48. The Morgan fingerprint density at radius 3 is 2.91 bits per heavy atom. The molecule has 0 saturated carbocycles. The summed E-state index contributed by atoms with van der Waals surface area (Å²) in [5.74, 6) is -2.27. The number of carboxylic acids is 1. The highest BCUT2D eigenvalue weighted by atomic mass is 19.1. The van der Waals surface area contributed by atoms with Gasteiger partial charge in [-0.05, 0) is 37.1 Å². The summed E-state index contributed by atoms with van der Waals surface area (Å²) < 4.78 is 18.5. The van der Waals surface area contributed by atoms with Crippen LogP contribution in [0.3, 0.4) is 0 Å². The summed E-state index contributed by atoms with van der Waals surface area (Å²) in [7, 11) is 0. The quantitative estimate of drug-likeness (QED) is 0.802. The Kier molecular flexibility index (Phi) is 4.29. The van der Waals surface area contributed by atoms with E-state index in [2.05, 4.69) is 10.3 Å². The van der Waals surface area contributed by atoms with E-state index < -0.39 is 23.7 Å². The maximum atomic E-state index is 13.2. The van der Waals surface area contributed by atoms with Crippen molar-refractivity contribution in [3.63, 3.8) is 0 Å². The van der Waals surface area contributed by atoms with Crippen LogP contribution < -0.4 is 5.32 Å². The molecule has 2 aromatic rings. The summed E-state index contributed by atoms with van der Waals surface area (Å²) in [6.07, 6.45) is 1.46. The van der Waals surface area contributed by atoms with E-state index in [1.54, 1.807) is 0 Å². The van der Waals surface area contributed by atoms with E-state index in [4.69, 9.17) is 4.74 Å². The minimum Gasteiger partial charge on any atom is -0.480 e. The van der Waals surface area contributed by atoms with Crippen molar-refractivity contribution >= 4 is 22.8 Å². The van der Waals surface area contributed by atoms with E-state index in [0.717, 1.165) is 6.42 Å². The number of carbonyl (C=O) groups excluding carboxylic acids is 1. The molecule has 2 heterocycles. The topological polar surface area (TPSA) is 91.4 Å². The molecule has 0 spiro atoms. The van der Waals surface area contributed by atoms with Crippen molar-refractivity contribution in [2.45, 2.75) is 18.9 Å². The van der Waals surface area contributed by atoms with Crippen molar-refractivity contribution in [3.8, 4) is 0 Å². The summed E-state index contributed by atoms with van der Waals surface area (Å²) >= 11 is 0. The molecule has 1 aromatic carbocycles. The van der Waals surface area contributed by atoms with E-state index >= 15 is 0 Å². The third kappa shape index (κ3) is 3.34. The number of amides is 1. The number of aromatic nitrogens is 1. The Hall–Kier alpha value is -2.41. The first-order valence-electron chi connectivity index (χ1n) is 7.44. The van der Waals surface area contributed by atoms with E-state index in [1.165, 1.54) is 24.3 Å². The summed E-state index contributed by atoms with van der Waals surface area (Å²) in [6.45, 7) is 0.930. The predicted molar refractivity (Wildman–Crippen MR) is 80.7 cm³/mol. The van der Waals surface area contributed by atoms with Gasteiger partial charge in [0, 0.05) is 23.4 Å². The molecule has 2 atom stereocenters. The molecule has 7 heteroatoms. The number of benzene rings is 1. The molecule has 0 aliphatic carbocycles. The first-order valence-corrected chi connectivity index (χ1v) is 7.44. The Morgan fingerprint density at radius 2 is 2.22 bits per heavy atom. The first kappa shape index (κ1) is 15.5.